The fourth-order valence-electron chi connectivity index (χ4n) is 4.36. The number of ether oxygens (including phenoxy) is 1. The van der Waals surface area contributed by atoms with Gasteiger partial charge in [-0.15, -0.1) is 0 Å². The maximum Gasteiger partial charge on any atom is 0.220 e. The van der Waals surface area contributed by atoms with Crippen LogP contribution in [0.25, 0.3) is 0 Å². The van der Waals surface area contributed by atoms with Crippen molar-refractivity contribution in [1.29, 1.82) is 0 Å². The van der Waals surface area contributed by atoms with Crippen LogP contribution in [-0.2, 0) is 24.7 Å². The van der Waals surface area contributed by atoms with Crippen LogP contribution in [0, 0.1) is 0 Å². The highest BCUT2D eigenvalue weighted by molar-refractivity contribution is 5.77. The Hall–Kier alpha value is -2.34. The molecule has 2 aliphatic rings. The highest BCUT2D eigenvalue weighted by Gasteiger charge is 2.33. The Morgan fingerprint density at radius 2 is 2.15 bits per heavy atom. The number of hydrogen-bond donors (Lipinski definition) is 2. The number of carbonyl (C=O) groups is 1. The molecule has 1 aromatic heterocycles. The largest absolute Gasteiger partial charge is 0.496 e. The fourth-order valence-corrected chi connectivity index (χ4v) is 4.36. The number of piperidine rings is 1. The minimum atomic E-state index is -0.0320. The lowest BCUT2D eigenvalue weighted by Crippen LogP contribution is -2.52. The average molecular weight is 354 g/mol. The number of amides is 1. The number of rotatable bonds is 4. The van der Waals surface area contributed by atoms with E-state index >= 15 is 0 Å². The Balaban J connectivity index is 1.51. The molecule has 0 spiro atoms. The first-order valence-electron chi connectivity index (χ1n) is 9.33. The number of nitrogens with zero attached hydrogens (tertiary/aromatic N) is 2. The molecule has 3 atom stereocenters. The molecule has 138 valence electrons. The van der Waals surface area contributed by atoms with E-state index in [0.29, 0.717) is 12.5 Å². The number of carbonyl (C=O) groups excluding carboxylic acids is 1. The molecule has 2 N–H and O–H groups in total. The molecule has 1 amide bonds. The number of aryl methyl sites for hydroxylation is 1. The van der Waals surface area contributed by atoms with Gasteiger partial charge in [0.25, 0.3) is 0 Å². The van der Waals surface area contributed by atoms with E-state index in [2.05, 4.69) is 27.9 Å². The zero-order valence-electron chi connectivity index (χ0n) is 15.4. The second-order valence-corrected chi connectivity index (χ2v) is 7.27. The summed E-state index contributed by atoms with van der Waals surface area (Å²) in [5, 5.41) is 11.3. The molecule has 1 fully saturated rings. The molecular weight excluding hydrogens is 328 g/mol. The molecule has 0 unspecified atom stereocenters. The second kappa shape index (κ2) is 7.11. The standard InChI is InChI=1S/C20H26N4O2/c1-24-17(10-11-21-24)20-16(8-9-19(25)23-20)22-14-6-7-15-13(12-14)4-3-5-18(15)26-2/h3-5,10-11,14,16,20,22H,6-9,12H2,1-2H3,(H,23,25)/t14-,16-,20-/m1/s1. The van der Waals surface area contributed by atoms with Gasteiger partial charge in [0.2, 0.25) is 5.91 Å². The predicted octanol–water partition coefficient (Wildman–Crippen LogP) is 1.90. The van der Waals surface area contributed by atoms with E-state index in [0.717, 1.165) is 37.1 Å². The van der Waals surface area contributed by atoms with Crippen molar-refractivity contribution in [3.05, 3.63) is 47.3 Å². The van der Waals surface area contributed by atoms with E-state index in [-0.39, 0.29) is 18.0 Å². The molecule has 1 saturated heterocycles. The van der Waals surface area contributed by atoms with Gasteiger partial charge in [0.1, 0.15) is 5.75 Å². The lowest BCUT2D eigenvalue weighted by Gasteiger charge is -2.37. The monoisotopic (exact) mass is 354 g/mol. The quantitative estimate of drug-likeness (QED) is 0.880. The highest BCUT2D eigenvalue weighted by atomic mass is 16.5. The average Bonchev–Trinajstić information content (AvgIpc) is 3.08. The van der Waals surface area contributed by atoms with Gasteiger partial charge in [0.15, 0.2) is 0 Å². The first-order valence-corrected chi connectivity index (χ1v) is 9.33. The summed E-state index contributed by atoms with van der Waals surface area (Å²) in [7, 11) is 3.67. The summed E-state index contributed by atoms with van der Waals surface area (Å²) in [6.07, 6.45) is 6.31. The van der Waals surface area contributed by atoms with Crippen LogP contribution in [0.15, 0.2) is 30.5 Å². The van der Waals surface area contributed by atoms with Crippen LogP contribution in [0.2, 0.25) is 0 Å². The van der Waals surface area contributed by atoms with E-state index in [9.17, 15) is 4.79 Å². The second-order valence-electron chi connectivity index (χ2n) is 7.27. The Morgan fingerprint density at radius 3 is 2.92 bits per heavy atom. The van der Waals surface area contributed by atoms with Gasteiger partial charge in [-0.1, -0.05) is 12.1 Å². The first-order chi connectivity index (χ1) is 12.7. The van der Waals surface area contributed by atoms with Gasteiger partial charge in [0.05, 0.1) is 18.8 Å². The van der Waals surface area contributed by atoms with E-state index in [1.165, 1.54) is 11.1 Å². The predicted molar refractivity (Wildman–Crippen MR) is 99.1 cm³/mol. The summed E-state index contributed by atoms with van der Waals surface area (Å²) >= 11 is 0. The Bertz CT molecular complexity index is 801. The molecular formula is C20H26N4O2. The summed E-state index contributed by atoms with van der Waals surface area (Å²) in [6.45, 7) is 0. The molecule has 0 bridgehead atoms. The van der Waals surface area contributed by atoms with Crippen molar-refractivity contribution < 1.29 is 9.53 Å². The van der Waals surface area contributed by atoms with Gasteiger partial charge < -0.3 is 15.4 Å². The van der Waals surface area contributed by atoms with E-state index in [1.54, 1.807) is 13.3 Å². The summed E-state index contributed by atoms with van der Waals surface area (Å²) in [4.78, 5) is 12.0. The Morgan fingerprint density at radius 1 is 1.27 bits per heavy atom. The number of fused-ring (bicyclic) bond motifs is 1. The third kappa shape index (κ3) is 3.21. The van der Waals surface area contributed by atoms with E-state index in [1.807, 2.05) is 23.9 Å². The van der Waals surface area contributed by atoms with Crippen LogP contribution in [0.4, 0.5) is 0 Å². The maximum atomic E-state index is 12.0. The molecule has 26 heavy (non-hydrogen) atoms. The van der Waals surface area contributed by atoms with Crippen molar-refractivity contribution in [1.82, 2.24) is 20.4 Å². The minimum Gasteiger partial charge on any atom is -0.496 e. The number of nitrogens with one attached hydrogen (secondary N) is 2. The highest BCUT2D eigenvalue weighted by Crippen LogP contribution is 2.31. The molecule has 6 nitrogen and oxygen atoms in total. The van der Waals surface area contributed by atoms with Gasteiger partial charge >= 0.3 is 0 Å². The molecule has 2 heterocycles. The minimum absolute atomic E-state index is 0.0320. The fraction of sp³-hybridized carbons (Fsp3) is 0.500. The van der Waals surface area contributed by atoms with Crippen LogP contribution < -0.4 is 15.4 Å². The van der Waals surface area contributed by atoms with Gasteiger partial charge in [-0.2, -0.15) is 5.10 Å². The van der Waals surface area contributed by atoms with E-state index in [4.69, 9.17) is 4.74 Å². The van der Waals surface area contributed by atoms with Crippen molar-refractivity contribution >= 4 is 5.91 Å². The van der Waals surface area contributed by atoms with Crippen LogP contribution in [0.5, 0.6) is 5.75 Å². The van der Waals surface area contributed by atoms with Crippen molar-refractivity contribution in [2.45, 2.75) is 50.2 Å². The molecule has 1 aliphatic heterocycles. The van der Waals surface area contributed by atoms with Crippen LogP contribution in [0.3, 0.4) is 0 Å². The van der Waals surface area contributed by atoms with Crippen molar-refractivity contribution in [3.63, 3.8) is 0 Å². The molecule has 1 aliphatic carbocycles. The lowest BCUT2D eigenvalue weighted by molar-refractivity contribution is -0.124. The Kier molecular flexibility index (Phi) is 4.68. The number of benzene rings is 1. The molecule has 0 radical (unpaired) electrons. The zero-order valence-corrected chi connectivity index (χ0v) is 15.4. The zero-order chi connectivity index (χ0) is 18.1. The molecule has 0 saturated carbocycles. The Labute approximate surface area is 153 Å². The molecule has 2 aromatic rings. The topological polar surface area (TPSA) is 68.2 Å². The van der Waals surface area contributed by atoms with Crippen LogP contribution in [0.1, 0.15) is 42.1 Å². The SMILES string of the molecule is COc1cccc2c1CC[C@@H](N[C@@H]1CCC(=O)N[C@H]1c1ccnn1C)C2. The van der Waals surface area contributed by atoms with Gasteiger partial charge in [-0.25, -0.2) is 0 Å². The first kappa shape index (κ1) is 17.1. The summed E-state index contributed by atoms with van der Waals surface area (Å²) in [6, 6.07) is 8.90. The van der Waals surface area contributed by atoms with Crippen LogP contribution >= 0.6 is 0 Å². The van der Waals surface area contributed by atoms with Crippen molar-refractivity contribution in [3.8, 4) is 5.75 Å². The third-order valence-electron chi connectivity index (χ3n) is 5.69. The molecule has 4 rings (SSSR count). The van der Waals surface area contributed by atoms with Gasteiger partial charge in [-0.3, -0.25) is 9.48 Å². The maximum absolute atomic E-state index is 12.0. The summed E-state index contributed by atoms with van der Waals surface area (Å²) in [5.41, 5.74) is 3.76. The molecule has 6 heteroatoms. The van der Waals surface area contributed by atoms with Gasteiger partial charge in [-0.05, 0) is 48.9 Å². The van der Waals surface area contributed by atoms with Crippen molar-refractivity contribution in [2.24, 2.45) is 7.05 Å². The smallest absolute Gasteiger partial charge is 0.220 e. The van der Waals surface area contributed by atoms with E-state index < -0.39 is 0 Å². The van der Waals surface area contributed by atoms with Crippen LogP contribution in [-0.4, -0.2) is 34.9 Å². The number of methoxy groups -OCH3 is 1. The third-order valence-corrected chi connectivity index (χ3v) is 5.69. The van der Waals surface area contributed by atoms with Crippen molar-refractivity contribution in [2.75, 3.05) is 7.11 Å². The normalized spacial score (nSPS) is 25.5. The summed E-state index contributed by atoms with van der Waals surface area (Å²) in [5.74, 6) is 1.12. The molecule has 1 aromatic carbocycles. The number of aromatic nitrogens is 2. The lowest BCUT2D eigenvalue weighted by atomic mass is 9.86. The summed E-state index contributed by atoms with van der Waals surface area (Å²) < 4.78 is 7.36. The van der Waals surface area contributed by atoms with Gasteiger partial charge in [0, 0.05) is 31.7 Å². The number of hydrogen-bond acceptors (Lipinski definition) is 4.